The van der Waals surface area contributed by atoms with Gasteiger partial charge in [0.05, 0.1) is 25.9 Å². The molecular weight excluding hydrogens is 355 g/mol. The quantitative estimate of drug-likeness (QED) is 0.885. The van der Waals surface area contributed by atoms with Gasteiger partial charge in [-0.05, 0) is 17.7 Å². The van der Waals surface area contributed by atoms with Gasteiger partial charge in [-0.1, -0.05) is 15.9 Å². The highest BCUT2D eigenvalue weighted by molar-refractivity contribution is 9.10. The molecule has 4 nitrogen and oxygen atoms in total. The highest BCUT2D eigenvalue weighted by atomic mass is 79.9. The number of hydrogen-bond donors (Lipinski definition) is 1. The maximum absolute atomic E-state index is 12.0. The second-order valence-corrected chi connectivity index (χ2v) is 5.46. The van der Waals surface area contributed by atoms with Crippen LogP contribution in [0.1, 0.15) is 18.0 Å². The number of hydrogen-bond acceptors (Lipinski definition) is 4. The van der Waals surface area contributed by atoms with Crippen molar-refractivity contribution >= 4 is 15.9 Å². The minimum atomic E-state index is -4.36. The predicted octanol–water partition coefficient (Wildman–Crippen LogP) is 3.19. The van der Waals surface area contributed by atoms with E-state index >= 15 is 0 Å². The lowest BCUT2D eigenvalue weighted by atomic mass is 10.1. The van der Waals surface area contributed by atoms with Crippen molar-refractivity contribution in [3.63, 3.8) is 0 Å². The van der Waals surface area contributed by atoms with Crippen LogP contribution in [0.3, 0.4) is 0 Å². The molecule has 1 aliphatic rings. The van der Waals surface area contributed by atoms with E-state index in [0.29, 0.717) is 34.7 Å². The van der Waals surface area contributed by atoms with E-state index in [0.717, 1.165) is 6.42 Å². The predicted molar refractivity (Wildman–Crippen MR) is 73.6 cm³/mol. The largest absolute Gasteiger partial charge is 0.490 e. The molecule has 1 unspecified atom stereocenters. The highest BCUT2D eigenvalue weighted by Gasteiger charge is 2.28. The van der Waals surface area contributed by atoms with Crippen LogP contribution in [0.15, 0.2) is 16.6 Å². The maximum Gasteiger partial charge on any atom is 0.411 e. The Hall–Kier alpha value is -0.990. The summed E-state index contributed by atoms with van der Waals surface area (Å²) in [5.41, 5.74) is 6.49. The molecule has 0 aliphatic carbocycles. The Kier molecular flexibility index (Phi) is 5.34. The first kappa shape index (κ1) is 16.4. The molecule has 0 spiro atoms. The van der Waals surface area contributed by atoms with Crippen molar-refractivity contribution in [1.82, 2.24) is 0 Å². The first-order valence-corrected chi connectivity index (χ1v) is 7.15. The molecule has 0 amide bonds. The first-order valence-electron chi connectivity index (χ1n) is 6.36. The molecule has 0 fully saturated rings. The summed E-state index contributed by atoms with van der Waals surface area (Å²) < 4.78 is 52.4. The van der Waals surface area contributed by atoms with Crippen molar-refractivity contribution < 1.29 is 27.4 Å². The van der Waals surface area contributed by atoms with Gasteiger partial charge in [-0.2, -0.15) is 13.2 Å². The van der Waals surface area contributed by atoms with Gasteiger partial charge >= 0.3 is 6.18 Å². The number of nitrogens with two attached hydrogens (primary N) is 1. The lowest BCUT2D eigenvalue weighted by Crippen LogP contribution is -2.23. The summed E-state index contributed by atoms with van der Waals surface area (Å²) in [6.07, 6.45) is -3.59. The first-order chi connectivity index (χ1) is 9.87. The molecule has 118 valence electrons. The van der Waals surface area contributed by atoms with Crippen LogP contribution in [-0.4, -0.2) is 32.6 Å². The van der Waals surface area contributed by atoms with Gasteiger partial charge in [0.25, 0.3) is 0 Å². The molecule has 1 aromatic carbocycles. The Labute approximate surface area is 128 Å². The van der Waals surface area contributed by atoms with Gasteiger partial charge in [0.1, 0.15) is 6.61 Å². The Morgan fingerprint density at radius 1 is 1.24 bits per heavy atom. The lowest BCUT2D eigenvalue weighted by molar-refractivity contribution is -0.174. The van der Waals surface area contributed by atoms with E-state index in [1.807, 2.05) is 0 Å². The summed E-state index contributed by atoms with van der Waals surface area (Å²) in [7, 11) is 0. The molecule has 2 N–H and O–H groups in total. The molecule has 1 atom stereocenters. The fourth-order valence-corrected chi connectivity index (χ4v) is 2.49. The minimum absolute atomic E-state index is 0.238. The third-order valence-corrected chi connectivity index (χ3v) is 3.52. The zero-order chi connectivity index (χ0) is 15.5. The van der Waals surface area contributed by atoms with Crippen molar-refractivity contribution in [1.29, 1.82) is 0 Å². The van der Waals surface area contributed by atoms with Gasteiger partial charge < -0.3 is 19.9 Å². The van der Waals surface area contributed by atoms with Crippen molar-refractivity contribution in [3.8, 4) is 11.5 Å². The molecule has 21 heavy (non-hydrogen) atoms. The molecule has 1 heterocycles. The fourth-order valence-electron chi connectivity index (χ4n) is 1.88. The maximum atomic E-state index is 12.0. The van der Waals surface area contributed by atoms with E-state index in [4.69, 9.17) is 15.2 Å². The Bertz CT molecular complexity index is 496. The van der Waals surface area contributed by atoms with E-state index < -0.39 is 18.8 Å². The summed E-state index contributed by atoms with van der Waals surface area (Å²) in [5.74, 6) is 1.13. The molecule has 0 aromatic heterocycles. The van der Waals surface area contributed by atoms with Crippen molar-refractivity contribution in [3.05, 3.63) is 22.2 Å². The van der Waals surface area contributed by atoms with Crippen LogP contribution < -0.4 is 15.2 Å². The van der Waals surface area contributed by atoms with Crippen LogP contribution in [0.2, 0.25) is 0 Å². The molecule has 1 aromatic rings. The Morgan fingerprint density at radius 3 is 2.48 bits per heavy atom. The van der Waals surface area contributed by atoms with E-state index in [2.05, 4.69) is 20.7 Å². The molecule has 0 bridgehead atoms. The number of ether oxygens (including phenoxy) is 3. The summed E-state index contributed by atoms with van der Waals surface area (Å²) in [6.45, 7) is -0.478. The van der Waals surface area contributed by atoms with E-state index in [1.165, 1.54) is 0 Å². The van der Waals surface area contributed by atoms with E-state index in [9.17, 15) is 13.2 Å². The number of rotatable bonds is 4. The van der Waals surface area contributed by atoms with Crippen LogP contribution in [0.4, 0.5) is 13.2 Å². The topological polar surface area (TPSA) is 53.7 Å². The monoisotopic (exact) mass is 369 g/mol. The smallest absolute Gasteiger partial charge is 0.411 e. The van der Waals surface area contributed by atoms with Crippen molar-refractivity contribution in [2.24, 2.45) is 5.73 Å². The molecule has 0 radical (unpaired) electrons. The molecule has 0 saturated carbocycles. The normalized spacial score (nSPS) is 16.4. The van der Waals surface area contributed by atoms with Crippen molar-refractivity contribution in [2.45, 2.75) is 18.6 Å². The summed E-state index contributed by atoms with van der Waals surface area (Å²) in [6, 6.07) is 2.69. The second-order valence-electron chi connectivity index (χ2n) is 4.61. The molecular formula is C13H15BrF3NO3. The number of halogens is 4. The zero-order valence-corrected chi connectivity index (χ0v) is 12.7. The number of alkyl halides is 3. The van der Waals surface area contributed by atoms with E-state index in [-0.39, 0.29) is 6.61 Å². The fraction of sp³-hybridized carbons (Fsp3) is 0.538. The van der Waals surface area contributed by atoms with Crippen LogP contribution in [0, 0.1) is 0 Å². The Balaban J connectivity index is 2.06. The lowest BCUT2D eigenvalue weighted by Gasteiger charge is -2.17. The van der Waals surface area contributed by atoms with Crippen LogP contribution in [-0.2, 0) is 4.74 Å². The number of fused-ring (bicyclic) bond motifs is 1. The van der Waals surface area contributed by atoms with Gasteiger partial charge in [-0.3, -0.25) is 0 Å². The van der Waals surface area contributed by atoms with E-state index in [1.54, 1.807) is 12.1 Å². The zero-order valence-electron chi connectivity index (χ0n) is 11.1. The molecule has 2 rings (SSSR count). The Morgan fingerprint density at radius 2 is 1.86 bits per heavy atom. The third kappa shape index (κ3) is 4.76. The highest BCUT2D eigenvalue weighted by Crippen LogP contribution is 2.37. The van der Waals surface area contributed by atoms with Gasteiger partial charge in [0.2, 0.25) is 0 Å². The third-order valence-electron chi connectivity index (χ3n) is 2.83. The molecule has 0 saturated heterocycles. The van der Waals surface area contributed by atoms with Gasteiger partial charge in [0.15, 0.2) is 11.5 Å². The van der Waals surface area contributed by atoms with Crippen molar-refractivity contribution in [2.75, 3.05) is 26.4 Å². The standard InChI is InChI=1S/C13H15BrF3NO3/c14-9-5-12-11(20-2-1-3-21-12)4-8(9)10(18)6-19-7-13(15,16)17/h4-5,10H,1-3,6-7,18H2. The summed E-state index contributed by atoms with van der Waals surface area (Å²) in [4.78, 5) is 0. The molecule has 1 aliphatic heterocycles. The van der Waals surface area contributed by atoms with Crippen LogP contribution in [0.25, 0.3) is 0 Å². The van der Waals surface area contributed by atoms with Crippen LogP contribution in [0.5, 0.6) is 11.5 Å². The average molecular weight is 370 g/mol. The average Bonchev–Trinajstić information content (AvgIpc) is 2.60. The SMILES string of the molecule is NC(COCC(F)(F)F)c1cc2c(cc1Br)OCCCO2. The van der Waals surface area contributed by atoms with Gasteiger partial charge in [0, 0.05) is 10.9 Å². The number of benzene rings is 1. The summed E-state index contributed by atoms with van der Waals surface area (Å²) >= 11 is 3.34. The minimum Gasteiger partial charge on any atom is -0.490 e. The van der Waals surface area contributed by atoms with Gasteiger partial charge in [-0.15, -0.1) is 0 Å². The summed E-state index contributed by atoms with van der Waals surface area (Å²) in [5, 5.41) is 0. The van der Waals surface area contributed by atoms with Crippen LogP contribution >= 0.6 is 15.9 Å². The molecule has 8 heteroatoms. The van der Waals surface area contributed by atoms with Gasteiger partial charge in [-0.25, -0.2) is 0 Å². The second kappa shape index (κ2) is 6.85.